The van der Waals surface area contributed by atoms with Crippen molar-refractivity contribution in [2.24, 2.45) is 34.0 Å². The Bertz CT molecular complexity index is 2930. The van der Waals surface area contributed by atoms with Gasteiger partial charge >= 0.3 is 5.97 Å². The molecule has 25 nitrogen and oxygen atoms in total. The lowest BCUT2D eigenvalue weighted by molar-refractivity contribution is -0.150. The Hall–Kier alpha value is -8.19. The molecule has 3 aromatic rings. The predicted octanol–water partition coefficient (Wildman–Crippen LogP) is 0.126. The number of carbonyl (C=O) groups is 10. The van der Waals surface area contributed by atoms with E-state index in [-0.39, 0.29) is 76.1 Å². The zero-order chi connectivity index (χ0) is 62.7. The highest BCUT2D eigenvalue weighted by Crippen LogP contribution is 2.41. The Morgan fingerprint density at radius 3 is 2.08 bits per heavy atom. The smallest absolute Gasteiger partial charge is 0.326 e. The standard InChI is InChI=1S/C61H87N13O12/c1-5-36(2)51(58(84)85)71-53(79)45(31-39-25-26-40-18-9-10-19-41(40)30-39)69-54(80)46(35-75)70-59(86)61(4,33-38-16-7-6-8-17-38)72-50(77)34-66-55(81)48-24-15-29-73(48)57(83)49-32-42-20-11-12-23-47(42)74(49)56(82)44(22-14-28-65-60(63)64)68-52(78)43(21-13-27-62)67-37(3)76/h6-10,16-19,25-26,30,36,42-49,51,75H,5,11-15,20-24,27-29,31-35,62H2,1-4H3,(H,66,81)(H,67,76)(H,68,78)(H,69,80)(H,70,86)(H,71,79)(H,72,77)(H,84,85)(H4,63,64,65). The second-order valence-electron chi connectivity index (χ2n) is 23.1. The highest BCUT2D eigenvalue weighted by molar-refractivity contribution is 5.99. The fraction of sp³-hybridized carbons (Fsp3) is 0.557. The molecule has 1 saturated carbocycles. The number of aliphatic imine (C=N–C) groups is 1. The second-order valence-corrected chi connectivity index (χ2v) is 23.1. The van der Waals surface area contributed by atoms with E-state index in [0.29, 0.717) is 43.2 Å². The molecule has 11 atom stereocenters. The van der Waals surface area contributed by atoms with Crippen LogP contribution in [0.15, 0.2) is 77.8 Å². The number of amides is 9. The first kappa shape index (κ1) is 66.9. The van der Waals surface area contributed by atoms with Gasteiger partial charge in [0, 0.05) is 38.9 Å². The summed E-state index contributed by atoms with van der Waals surface area (Å²) in [6.07, 6.45) is 5.32. The topological polar surface area (TPSA) is 392 Å². The van der Waals surface area contributed by atoms with Crippen molar-refractivity contribution >= 4 is 75.9 Å². The number of aliphatic hydroxyl groups is 1. The number of hydrogen-bond acceptors (Lipinski definition) is 13. The van der Waals surface area contributed by atoms with Gasteiger partial charge in [-0.25, -0.2) is 4.79 Å². The number of nitrogens with one attached hydrogen (secondary N) is 7. The zero-order valence-corrected chi connectivity index (χ0v) is 49.7. The maximum absolute atomic E-state index is 15.0. The van der Waals surface area contributed by atoms with Gasteiger partial charge in [0.15, 0.2) is 5.96 Å². The van der Waals surface area contributed by atoms with Gasteiger partial charge in [-0.1, -0.05) is 106 Å². The van der Waals surface area contributed by atoms with Crippen LogP contribution in [0.4, 0.5) is 0 Å². The monoisotopic (exact) mass is 1190 g/mol. The first-order valence-electron chi connectivity index (χ1n) is 29.9. The van der Waals surface area contributed by atoms with Gasteiger partial charge in [0.2, 0.25) is 53.2 Å². The number of guanidine groups is 1. The number of likely N-dealkylation sites (tertiary alicyclic amines) is 2. The number of carboxylic acid groups (broad SMARTS) is 1. The lowest BCUT2D eigenvalue weighted by Crippen LogP contribution is -2.64. The Balaban J connectivity index is 1.16. The summed E-state index contributed by atoms with van der Waals surface area (Å²) in [7, 11) is 0. The first-order chi connectivity index (χ1) is 41.1. The van der Waals surface area contributed by atoms with Crippen molar-refractivity contribution in [1.29, 1.82) is 0 Å². The SMILES string of the molecule is CCC(C)C(NC(=O)C(Cc1ccc2ccccc2c1)NC(=O)C(CO)NC(=O)C(C)(Cc1ccccc1)NC(=O)CNC(=O)C1CCCN1C(=O)C1CC2CCCCC2N1C(=O)C(CCCN=C(N)N)NC(=O)C(CCCN)NC(C)=O)C(=O)O. The molecule has 3 aliphatic rings. The molecule has 1 aliphatic carbocycles. The summed E-state index contributed by atoms with van der Waals surface area (Å²) in [5.41, 5.74) is 16.3. The van der Waals surface area contributed by atoms with Gasteiger partial charge in [-0.15, -0.1) is 0 Å². The molecule has 86 heavy (non-hydrogen) atoms. The third kappa shape index (κ3) is 18.2. The van der Waals surface area contributed by atoms with Crippen molar-refractivity contribution in [3.8, 4) is 0 Å². The molecular weight excluding hydrogens is 1110 g/mol. The minimum Gasteiger partial charge on any atom is -0.480 e. The highest BCUT2D eigenvalue weighted by atomic mass is 16.4. The molecule has 468 valence electrons. The molecule has 0 spiro atoms. The molecular formula is C61H87N13O12. The van der Waals surface area contributed by atoms with Crippen LogP contribution in [0, 0.1) is 11.8 Å². The lowest BCUT2D eigenvalue weighted by Gasteiger charge is -2.37. The van der Waals surface area contributed by atoms with Crippen LogP contribution in [-0.2, 0) is 60.8 Å². The Labute approximate surface area is 501 Å². The van der Waals surface area contributed by atoms with Gasteiger partial charge in [0.05, 0.1) is 13.2 Å². The number of aliphatic hydroxyl groups excluding tert-OH is 1. The quantitative estimate of drug-likeness (QED) is 0.0240. The van der Waals surface area contributed by atoms with E-state index in [1.165, 1.54) is 18.7 Å². The molecule has 15 N–H and O–H groups in total. The molecule has 3 fully saturated rings. The second kappa shape index (κ2) is 31.8. The summed E-state index contributed by atoms with van der Waals surface area (Å²) < 4.78 is 0. The number of aliphatic carboxylic acids is 1. The largest absolute Gasteiger partial charge is 0.480 e. The fourth-order valence-corrected chi connectivity index (χ4v) is 11.9. The molecule has 2 aliphatic heterocycles. The summed E-state index contributed by atoms with van der Waals surface area (Å²) >= 11 is 0. The normalized spacial score (nSPS) is 20.0. The Kier molecular flexibility index (Phi) is 24.8. The maximum Gasteiger partial charge on any atom is 0.326 e. The number of carbonyl (C=O) groups excluding carboxylic acids is 9. The number of benzene rings is 3. The number of nitrogens with two attached hydrogens (primary N) is 3. The number of nitrogens with zero attached hydrogens (tertiary/aromatic N) is 3. The van der Waals surface area contributed by atoms with Crippen molar-refractivity contribution < 1.29 is 58.2 Å². The molecule has 0 radical (unpaired) electrons. The molecule has 3 aromatic carbocycles. The van der Waals surface area contributed by atoms with Crippen molar-refractivity contribution in [1.82, 2.24) is 47.0 Å². The van der Waals surface area contributed by atoms with E-state index < -0.39 is 126 Å². The Morgan fingerprint density at radius 1 is 0.744 bits per heavy atom. The van der Waals surface area contributed by atoms with Gasteiger partial charge < -0.3 is 74.4 Å². The van der Waals surface area contributed by atoms with E-state index in [1.54, 1.807) is 55.1 Å². The van der Waals surface area contributed by atoms with E-state index >= 15 is 4.79 Å². The van der Waals surface area contributed by atoms with Crippen molar-refractivity contribution in [3.05, 3.63) is 83.9 Å². The molecule has 0 aromatic heterocycles. The maximum atomic E-state index is 15.0. The van der Waals surface area contributed by atoms with Gasteiger partial charge in [0.1, 0.15) is 47.8 Å². The van der Waals surface area contributed by atoms with Crippen LogP contribution in [0.3, 0.4) is 0 Å². The number of fused-ring (bicyclic) bond motifs is 2. The van der Waals surface area contributed by atoms with E-state index in [0.717, 1.165) is 30.0 Å². The van der Waals surface area contributed by atoms with Crippen LogP contribution in [0.1, 0.15) is 116 Å². The van der Waals surface area contributed by atoms with Crippen LogP contribution in [0.25, 0.3) is 10.8 Å². The van der Waals surface area contributed by atoms with E-state index in [9.17, 15) is 53.4 Å². The minimum absolute atomic E-state index is 0.0308. The summed E-state index contributed by atoms with van der Waals surface area (Å²) in [4.78, 5) is 146. The van der Waals surface area contributed by atoms with E-state index in [4.69, 9.17) is 17.2 Å². The third-order valence-corrected chi connectivity index (χ3v) is 16.6. The summed E-state index contributed by atoms with van der Waals surface area (Å²) in [6.45, 7) is 5.13. The zero-order valence-electron chi connectivity index (χ0n) is 49.7. The molecule has 6 rings (SSSR count). The molecule has 11 unspecified atom stereocenters. The van der Waals surface area contributed by atoms with Crippen LogP contribution in [-0.4, -0.2) is 172 Å². The number of carboxylic acids is 1. The van der Waals surface area contributed by atoms with Crippen molar-refractivity contribution in [2.45, 2.75) is 171 Å². The molecule has 9 amide bonds. The van der Waals surface area contributed by atoms with Crippen molar-refractivity contribution in [2.75, 3.05) is 32.8 Å². The van der Waals surface area contributed by atoms with Gasteiger partial charge in [0.25, 0.3) is 0 Å². The predicted molar refractivity (Wildman–Crippen MR) is 321 cm³/mol. The van der Waals surface area contributed by atoms with Crippen LogP contribution < -0.4 is 54.4 Å². The average Bonchev–Trinajstić information content (AvgIpc) is 1.77. The van der Waals surface area contributed by atoms with Crippen LogP contribution >= 0.6 is 0 Å². The molecule has 2 heterocycles. The summed E-state index contributed by atoms with van der Waals surface area (Å²) in [5, 5.41) is 41.0. The van der Waals surface area contributed by atoms with Crippen molar-refractivity contribution in [3.63, 3.8) is 0 Å². The van der Waals surface area contributed by atoms with Crippen LogP contribution in [0.5, 0.6) is 0 Å². The number of hydrogen-bond donors (Lipinski definition) is 12. The Morgan fingerprint density at radius 2 is 1.41 bits per heavy atom. The van der Waals surface area contributed by atoms with Gasteiger partial charge in [-0.2, -0.15) is 0 Å². The fourth-order valence-electron chi connectivity index (χ4n) is 11.9. The van der Waals surface area contributed by atoms with Crippen LogP contribution in [0.2, 0.25) is 0 Å². The minimum atomic E-state index is -1.84. The number of rotatable bonds is 30. The summed E-state index contributed by atoms with van der Waals surface area (Å²) in [5.74, 6) is -8.06. The van der Waals surface area contributed by atoms with Gasteiger partial charge in [-0.3, -0.25) is 48.1 Å². The van der Waals surface area contributed by atoms with E-state index in [2.05, 4.69) is 42.2 Å². The summed E-state index contributed by atoms with van der Waals surface area (Å²) in [6, 6.07) is 12.8. The average molecular weight is 1190 g/mol. The first-order valence-corrected chi connectivity index (χ1v) is 29.9. The van der Waals surface area contributed by atoms with Gasteiger partial charge in [-0.05, 0) is 105 Å². The third-order valence-electron chi connectivity index (χ3n) is 16.6. The highest BCUT2D eigenvalue weighted by Gasteiger charge is 2.52. The molecule has 0 bridgehead atoms. The van der Waals surface area contributed by atoms with E-state index in [1.807, 2.05) is 36.4 Å². The molecule has 2 saturated heterocycles. The lowest BCUT2D eigenvalue weighted by atomic mass is 9.84. The molecule has 25 heteroatoms.